The fraction of sp³-hybridized carbons (Fsp3) is 0. The predicted octanol–water partition coefficient (Wildman–Crippen LogP) is 8.25. The van der Waals surface area contributed by atoms with Crippen LogP contribution in [0.25, 0.3) is 66.7 Å². The second-order valence-corrected chi connectivity index (χ2v) is 9.82. The molecule has 0 saturated heterocycles. The van der Waals surface area contributed by atoms with Gasteiger partial charge < -0.3 is 9.13 Å². The lowest BCUT2D eigenvalue weighted by Crippen LogP contribution is -1.98. The molecule has 0 amide bonds. The Balaban J connectivity index is 1.45. The van der Waals surface area contributed by atoms with Crippen molar-refractivity contribution < 1.29 is 0 Å². The Bertz CT molecular complexity index is 2090. The molecule has 0 aliphatic rings. The second-order valence-electron chi connectivity index (χ2n) is 9.82. The summed E-state index contributed by atoms with van der Waals surface area (Å²) < 4.78 is 4.64. The van der Waals surface area contributed by atoms with E-state index in [1.807, 2.05) is 36.5 Å². The Morgan fingerprint density at radius 2 is 1.43 bits per heavy atom. The molecule has 5 heteroatoms. The number of fused-ring (bicyclic) bond motifs is 5. The highest BCUT2D eigenvalue weighted by molar-refractivity contribution is 6.20. The summed E-state index contributed by atoms with van der Waals surface area (Å²) in [4.78, 5) is 14.0. The van der Waals surface area contributed by atoms with E-state index in [2.05, 4.69) is 110 Å². The first-order chi connectivity index (χ1) is 19.8. The van der Waals surface area contributed by atoms with E-state index in [1.54, 1.807) is 12.4 Å². The van der Waals surface area contributed by atoms with Crippen LogP contribution in [-0.2, 0) is 0 Å². The second kappa shape index (κ2) is 9.03. The first kappa shape index (κ1) is 22.4. The van der Waals surface area contributed by atoms with Crippen LogP contribution in [0.3, 0.4) is 0 Å². The molecule has 0 aliphatic carbocycles. The normalized spacial score (nSPS) is 11.5. The molecule has 5 nitrogen and oxygen atoms in total. The van der Waals surface area contributed by atoms with Gasteiger partial charge in [0.15, 0.2) is 0 Å². The molecule has 0 saturated carbocycles. The van der Waals surface area contributed by atoms with Crippen molar-refractivity contribution in [3.05, 3.63) is 140 Å². The van der Waals surface area contributed by atoms with E-state index in [-0.39, 0.29) is 0 Å². The van der Waals surface area contributed by atoms with Crippen molar-refractivity contribution in [2.24, 2.45) is 0 Å². The van der Waals surface area contributed by atoms with Gasteiger partial charge >= 0.3 is 0 Å². The SMILES string of the molecule is c1ccc(-n2c3ccccc3c3c4c(ccc32)ccn4-c2cc(-c3cccnc3)nc(-c3ccccn3)c2)cc1. The van der Waals surface area contributed by atoms with Gasteiger partial charge in [-0.2, -0.15) is 0 Å². The van der Waals surface area contributed by atoms with E-state index >= 15 is 0 Å². The molecule has 5 aromatic heterocycles. The van der Waals surface area contributed by atoms with Crippen LogP contribution in [0.15, 0.2) is 140 Å². The molecule has 8 rings (SSSR count). The first-order valence-corrected chi connectivity index (χ1v) is 13.3. The summed E-state index contributed by atoms with van der Waals surface area (Å²) in [5, 5.41) is 3.63. The zero-order valence-corrected chi connectivity index (χ0v) is 21.5. The van der Waals surface area contributed by atoms with E-state index in [9.17, 15) is 0 Å². The third-order valence-electron chi connectivity index (χ3n) is 7.47. The van der Waals surface area contributed by atoms with Crippen LogP contribution in [0.1, 0.15) is 0 Å². The molecule has 3 aromatic carbocycles. The maximum absolute atomic E-state index is 5.00. The van der Waals surface area contributed by atoms with Crippen LogP contribution in [-0.4, -0.2) is 24.1 Å². The van der Waals surface area contributed by atoms with Crippen molar-refractivity contribution in [3.8, 4) is 34.0 Å². The van der Waals surface area contributed by atoms with Crippen molar-refractivity contribution in [3.63, 3.8) is 0 Å². The summed E-state index contributed by atoms with van der Waals surface area (Å²) in [6.45, 7) is 0. The fourth-order valence-corrected chi connectivity index (χ4v) is 5.71. The lowest BCUT2D eigenvalue weighted by atomic mass is 10.1. The van der Waals surface area contributed by atoms with Crippen molar-refractivity contribution in [2.75, 3.05) is 0 Å². The van der Waals surface area contributed by atoms with Crippen molar-refractivity contribution >= 4 is 32.7 Å². The average Bonchev–Trinajstić information content (AvgIpc) is 3.61. The lowest BCUT2D eigenvalue weighted by molar-refractivity contribution is 1.11. The highest BCUT2D eigenvalue weighted by Gasteiger charge is 2.18. The van der Waals surface area contributed by atoms with Crippen LogP contribution in [0.2, 0.25) is 0 Å². The molecule has 40 heavy (non-hydrogen) atoms. The largest absolute Gasteiger partial charge is 0.316 e. The maximum atomic E-state index is 5.00. The Morgan fingerprint density at radius 3 is 2.27 bits per heavy atom. The maximum Gasteiger partial charge on any atom is 0.0914 e. The van der Waals surface area contributed by atoms with Gasteiger partial charge in [0.1, 0.15) is 0 Å². The molecule has 0 spiro atoms. The molecule has 0 atom stereocenters. The van der Waals surface area contributed by atoms with E-state index in [0.29, 0.717) is 0 Å². The summed E-state index contributed by atoms with van der Waals surface area (Å²) in [6, 6.07) is 40.0. The quantitative estimate of drug-likeness (QED) is 0.238. The minimum atomic E-state index is 0.817. The monoisotopic (exact) mass is 513 g/mol. The summed E-state index contributed by atoms with van der Waals surface area (Å²) in [7, 11) is 0. The predicted molar refractivity (Wildman–Crippen MR) is 162 cm³/mol. The van der Waals surface area contributed by atoms with Gasteiger partial charge in [0, 0.05) is 57.9 Å². The van der Waals surface area contributed by atoms with E-state index in [4.69, 9.17) is 4.98 Å². The number of aromatic nitrogens is 5. The van der Waals surface area contributed by atoms with Crippen LogP contribution < -0.4 is 0 Å². The van der Waals surface area contributed by atoms with Gasteiger partial charge in [-0.25, -0.2) is 4.98 Å². The standard InChI is InChI=1S/C35H23N5/c1-2-10-26(11-3-1)40-32-14-5-4-12-28(32)34-33(40)16-15-24-17-20-39(35(24)34)27-21-30(25-9-8-18-36-23-25)38-31(22-27)29-13-6-7-19-37-29/h1-23H. The van der Waals surface area contributed by atoms with Gasteiger partial charge in [0.2, 0.25) is 0 Å². The van der Waals surface area contributed by atoms with Crippen LogP contribution in [0, 0.1) is 0 Å². The zero-order chi connectivity index (χ0) is 26.5. The summed E-state index contributed by atoms with van der Waals surface area (Å²) >= 11 is 0. The molecule has 8 aromatic rings. The fourth-order valence-electron chi connectivity index (χ4n) is 5.71. The highest BCUT2D eigenvalue weighted by Crippen LogP contribution is 2.38. The number of hydrogen-bond donors (Lipinski definition) is 0. The van der Waals surface area contributed by atoms with Gasteiger partial charge in [0.25, 0.3) is 0 Å². The Labute approximate surface area is 230 Å². The van der Waals surface area contributed by atoms with E-state index < -0.39 is 0 Å². The van der Waals surface area contributed by atoms with Crippen molar-refractivity contribution in [2.45, 2.75) is 0 Å². The van der Waals surface area contributed by atoms with Crippen molar-refractivity contribution in [1.29, 1.82) is 0 Å². The third-order valence-corrected chi connectivity index (χ3v) is 7.47. The third kappa shape index (κ3) is 3.52. The summed E-state index contributed by atoms with van der Waals surface area (Å²) in [5.41, 5.74) is 9.15. The minimum absolute atomic E-state index is 0.817. The number of hydrogen-bond acceptors (Lipinski definition) is 3. The highest BCUT2D eigenvalue weighted by atomic mass is 15.0. The Hall–Kier alpha value is -5.55. The summed E-state index contributed by atoms with van der Waals surface area (Å²) in [5.74, 6) is 0. The van der Waals surface area contributed by atoms with Crippen LogP contribution >= 0.6 is 0 Å². The molecule has 0 radical (unpaired) electrons. The minimum Gasteiger partial charge on any atom is -0.316 e. The van der Waals surface area contributed by atoms with Crippen LogP contribution in [0.5, 0.6) is 0 Å². The molecule has 0 aliphatic heterocycles. The van der Waals surface area contributed by atoms with Gasteiger partial charge in [-0.1, -0.05) is 48.5 Å². The molecule has 188 valence electrons. The van der Waals surface area contributed by atoms with Gasteiger partial charge in [-0.05, 0) is 66.7 Å². The molecule has 0 fully saturated rings. The molecule has 5 heterocycles. The van der Waals surface area contributed by atoms with E-state index in [1.165, 1.54) is 32.7 Å². The number of benzene rings is 3. The number of nitrogens with zero attached hydrogens (tertiary/aromatic N) is 5. The molecular formula is C35H23N5. The zero-order valence-electron chi connectivity index (χ0n) is 21.5. The van der Waals surface area contributed by atoms with Gasteiger partial charge in [-0.15, -0.1) is 0 Å². The molecule has 0 N–H and O–H groups in total. The summed E-state index contributed by atoms with van der Waals surface area (Å²) in [6.07, 6.45) is 7.60. The first-order valence-electron chi connectivity index (χ1n) is 13.3. The number of rotatable bonds is 4. The van der Waals surface area contributed by atoms with E-state index in [0.717, 1.165) is 34.0 Å². The van der Waals surface area contributed by atoms with Crippen LogP contribution in [0.4, 0.5) is 0 Å². The molecule has 0 bridgehead atoms. The number of pyridine rings is 3. The smallest absolute Gasteiger partial charge is 0.0914 e. The molecular weight excluding hydrogens is 490 g/mol. The van der Waals surface area contributed by atoms with Gasteiger partial charge in [0.05, 0.1) is 33.6 Å². The van der Waals surface area contributed by atoms with Gasteiger partial charge in [-0.3, -0.25) is 9.97 Å². The molecule has 0 unspecified atom stereocenters. The topological polar surface area (TPSA) is 48.5 Å². The van der Waals surface area contributed by atoms with Crippen molar-refractivity contribution in [1.82, 2.24) is 24.1 Å². The number of para-hydroxylation sites is 2. The Kier molecular flexibility index (Phi) is 5.07. The Morgan fingerprint density at radius 1 is 0.575 bits per heavy atom. The average molecular weight is 514 g/mol. The lowest BCUT2D eigenvalue weighted by Gasteiger charge is -2.12.